The van der Waals surface area contributed by atoms with Crippen molar-refractivity contribution >= 4 is 28.5 Å². The molecular weight excluding hydrogens is 350 g/mol. The third-order valence-electron chi connectivity index (χ3n) is 3.76. The molecule has 0 unspecified atom stereocenters. The Kier molecular flexibility index (Phi) is 9.16. The largest absolute Gasteiger partial charge is 0.370 e. The Morgan fingerprint density at radius 3 is 2.43 bits per heavy atom. The second-order valence-corrected chi connectivity index (χ2v) is 5.59. The molecule has 0 saturated carbocycles. The molecule has 1 aromatic heterocycles. The molecule has 0 fully saturated rings. The van der Waals surface area contributed by atoms with Crippen LogP contribution in [0.2, 0.25) is 0 Å². The van der Waals surface area contributed by atoms with Crippen molar-refractivity contribution in [1.82, 2.24) is 4.98 Å². The number of allylic oxidation sites excluding steroid dienone is 3. The fourth-order valence-corrected chi connectivity index (χ4v) is 2.60. The molecule has 0 bridgehead atoms. The lowest BCUT2D eigenvalue weighted by Gasteiger charge is -2.18. The molecule has 6 heteroatoms. The SMILES string of the molecule is CC.C\C=C/C(=C\C)C(=C\N(C)c1ccnc2ccccc12)/C(=O)N=C(N)N. The van der Waals surface area contributed by atoms with E-state index in [0.29, 0.717) is 5.57 Å². The summed E-state index contributed by atoms with van der Waals surface area (Å²) in [6.07, 6.45) is 9.00. The number of carbonyl (C=O) groups excluding carboxylic acids is 1. The highest BCUT2D eigenvalue weighted by molar-refractivity contribution is 6.05. The van der Waals surface area contributed by atoms with Crippen molar-refractivity contribution in [2.45, 2.75) is 27.7 Å². The maximum atomic E-state index is 12.5. The standard InChI is InChI=1S/C20H23N5O.C2H6/c1-4-8-14(5-2)16(19(26)24-20(21)22)13-25(3)18-11-12-23-17-10-7-6-9-15(17)18;1-2/h4-13H,1-3H3,(H4,21,22,24,26);1-2H3/b8-4-,14-5+,16-13+;. The number of aromatic nitrogens is 1. The summed E-state index contributed by atoms with van der Waals surface area (Å²) in [6.45, 7) is 7.74. The average molecular weight is 380 g/mol. The highest BCUT2D eigenvalue weighted by Crippen LogP contribution is 2.26. The molecule has 0 aliphatic carbocycles. The molecule has 0 aliphatic heterocycles. The third kappa shape index (κ3) is 5.81. The highest BCUT2D eigenvalue weighted by Gasteiger charge is 2.14. The number of fused-ring (bicyclic) bond motifs is 1. The van der Waals surface area contributed by atoms with Crippen molar-refractivity contribution in [3.8, 4) is 0 Å². The molecule has 6 nitrogen and oxygen atoms in total. The molecule has 0 aliphatic rings. The number of amides is 1. The van der Waals surface area contributed by atoms with Crippen LogP contribution in [0.3, 0.4) is 0 Å². The van der Waals surface area contributed by atoms with E-state index >= 15 is 0 Å². The van der Waals surface area contributed by atoms with Gasteiger partial charge in [-0.1, -0.05) is 50.3 Å². The zero-order valence-electron chi connectivity index (χ0n) is 17.2. The monoisotopic (exact) mass is 379 g/mol. The molecular formula is C22H29N5O. The topological polar surface area (TPSA) is 97.6 Å². The minimum Gasteiger partial charge on any atom is -0.370 e. The zero-order chi connectivity index (χ0) is 21.1. The van der Waals surface area contributed by atoms with Crippen molar-refractivity contribution in [2.24, 2.45) is 16.5 Å². The van der Waals surface area contributed by atoms with Crippen LogP contribution in [0.4, 0.5) is 5.69 Å². The van der Waals surface area contributed by atoms with Crippen LogP contribution in [0.1, 0.15) is 27.7 Å². The molecule has 28 heavy (non-hydrogen) atoms. The normalized spacial score (nSPS) is 11.8. The van der Waals surface area contributed by atoms with Gasteiger partial charge in [-0.05, 0) is 31.6 Å². The van der Waals surface area contributed by atoms with E-state index in [4.69, 9.17) is 11.5 Å². The first kappa shape index (κ1) is 22.6. The van der Waals surface area contributed by atoms with E-state index in [9.17, 15) is 4.79 Å². The number of hydrogen-bond acceptors (Lipinski definition) is 3. The van der Waals surface area contributed by atoms with Crippen LogP contribution < -0.4 is 16.4 Å². The first-order valence-corrected chi connectivity index (χ1v) is 9.19. The number of carbonyl (C=O) groups is 1. The molecule has 0 saturated heterocycles. The molecule has 2 rings (SSSR count). The van der Waals surface area contributed by atoms with Crippen molar-refractivity contribution in [3.05, 3.63) is 72.1 Å². The van der Waals surface area contributed by atoms with E-state index in [-0.39, 0.29) is 5.96 Å². The Morgan fingerprint density at radius 2 is 1.82 bits per heavy atom. The lowest BCUT2D eigenvalue weighted by atomic mass is 10.1. The summed E-state index contributed by atoms with van der Waals surface area (Å²) in [6, 6.07) is 9.72. The van der Waals surface area contributed by atoms with Crippen LogP contribution in [0, 0.1) is 0 Å². The van der Waals surface area contributed by atoms with Gasteiger partial charge in [0.05, 0.1) is 16.8 Å². The van der Waals surface area contributed by atoms with Gasteiger partial charge >= 0.3 is 0 Å². The number of nitrogens with two attached hydrogens (primary N) is 2. The van der Waals surface area contributed by atoms with Gasteiger partial charge in [-0.3, -0.25) is 9.78 Å². The number of para-hydroxylation sites is 1. The van der Waals surface area contributed by atoms with Gasteiger partial charge in [0.2, 0.25) is 0 Å². The predicted molar refractivity (Wildman–Crippen MR) is 119 cm³/mol. The van der Waals surface area contributed by atoms with E-state index in [1.54, 1.807) is 12.4 Å². The number of guanidine groups is 1. The molecule has 0 spiro atoms. The second kappa shape index (κ2) is 11.3. The van der Waals surface area contributed by atoms with Gasteiger partial charge in [0.15, 0.2) is 5.96 Å². The van der Waals surface area contributed by atoms with Crippen molar-refractivity contribution in [1.29, 1.82) is 0 Å². The number of aliphatic imine (C=N–C) groups is 1. The number of hydrogen-bond donors (Lipinski definition) is 2. The Labute approximate surface area is 167 Å². The summed E-state index contributed by atoms with van der Waals surface area (Å²) < 4.78 is 0. The zero-order valence-corrected chi connectivity index (χ0v) is 17.2. The van der Waals surface area contributed by atoms with Crippen LogP contribution >= 0.6 is 0 Å². The number of nitrogens with zero attached hydrogens (tertiary/aromatic N) is 3. The summed E-state index contributed by atoms with van der Waals surface area (Å²) in [5.41, 5.74) is 13.7. The van der Waals surface area contributed by atoms with Gasteiger partial charge in [-0.2, -0.15) is 4.99 Å². The lowest BCUT2D eigenvalue weighted by Crippen LogP contribution is -2.25. The van der Waals surface area contributed by atoms with Gasteiger partial charge in [0, 0.05) is 24.8 Å². The third-order valence-corrected chi connectivity index (χ3v) is 3.76. The van der Waals surface area contributed by atoms with Crippen LogP contribution in [0.25, 0.3) is 10.9 Å². The van der Waals surface area contributed by atoms with Crippen LogP contribution in [-0.2, 0) is 4.79 Å². The van der Waals surface area contributed by atoms with E-state index in [1.807, 2.05) is 88.2 Å². The summed E-state index contributed by atoms with van der Waals surface area (Å²) in [5.74, 6) is -0.768. The minimum absolute atomic E-state index is 0.270. The smallest absolute Gasteiger partial charge is 0.282 e. The quantitative estimate of drug-likeness (QED) is 0.355. The van der Waals surface area contributed by atoms with Crippen LogP contribution in [0.15, 0.2) is 77.1 Å². The average Bonchev–Trinajstić information content (AvgIpc) is 2.70. The van der Waals surface area contributed by atoms with Crippen LogP contribution in [-0.4, -0.2) is 23.9 Å². The first-order chi connectivity index (χ1) is 13.5. The van der Waals surface area contributed by atoms with Gasteiger partial charge in [0.1, 0.15) is 0 Å². The Bertz CT molecular complexity index is 916. The summed E-state index contributed by atoms with van der Waals surface area (Å²) in [4.78, 5) is 22.5. The van der Waals surface area contributed by atoms with E-state index < -0.39 is 5.91 Å². The molecule has 2 aromatic rings. The molecule has 0 radical (unpaired) electrons. The van der Waals surface area contributed by atoms with Crippen molar-refractivity contribution in [2.75, 3.05) is 11.9 Å². The number of benzene rings is 1. The maximum Gasteiger partial charge on any atom is 0.282 e. The fraction of sp³-hybridized carbons (Fsp3) is 0.227. The summed E-state index contributed by atoms with van der Waals surface area (Å²) in [7, 11) is 1.87. The Morgan fingerprint density at radius 1 is 1.14 bits per heavy atom. The molecule has 1 heterocycles. The van der Waals surface area contributed by atoms with E-state index in [0.717, 1.165) is 22.2 Å². The summed E-state index contributed by atoms with van der Waals surface area (Å²) in [5, 5.41) is 0.982. The first-order valence-electron chi connectivity index (χ1n) is 9.19. The molecule has 1 amide bonds. The van der Waals surface area contributed by atoms with Gasteiger partial charge in [-0.15, -0.1) is 0 Å². The number of rotatable bonds is 5. The summed E-state index contributed by atoms with van der Waals surface area (Å²) >= 11 is 0. The fourth-order valence-electron chi connectivity index (χ4n) is 2.60. The second-order valence-electron chi connectivity index (χ2n) is 5.59. The number of pyridine rings is 1. The van der Waals surface area contributed by atoms with Gasteiger partial charge < -0.3 is 16.4 Å². The predicted octanol–water partition coefficient (Wildman–Crippen LogP) is 3.90. The lowest BCUT2D eigenvalue weighted by molar-refractivity contribution is -0.114. The van der Waals surface area contributed by atoms with Gasteiger partial charge in [0.25, 0.3) is 5.91 Å². The molecule has 4 N–H and O–H groups in total. The van der Waals surface area contributed by atoms with E-state index in [1.165, 1.54) is 0 Å². The minimum atomic E-state index is -0.499. The molecule has 0 atom stereocenters. The molecule has 1 aromatic carbocycles. The Hall–Kier alpha value is -3.41. The van der Waals surface area contributed by atoms with E-state index in [2.05, 4.69) is 9.98 Å². The highest BCUT2D eigenvalue weighted by atomic mass is 16.1. The Balaban J connectivity index is 0.00000190. The maximum absolute atomic E-state index is 12.5. The molecule has 148 valence electrons. The van der Waals surface area contributed by atoms with Gasteiger partial charge in [-0.25, -0.2) is 0 Å². The van der Waals surface area contributed by atoms with Crippen molar-refractivity contribution in [3.63, 3.8) is 0 Å². The van der Waals surface area contributed by atoms with Crippen LogP contribution in [0.5, 0.6) is 0 Å². The van der Waals surface area contributed by atoms with Crippen molar-refractivity contribution < 1.29 is 4.79 Å². The number of anilines is 1.